The number of esters is 1. The number of hydrogen-bond acceptors (Lipinski definition) is 5. The normalized spacial score (nSPS) is 10.7. The first kappa shape index (κ1) is 18.5. The fourth-order valence-corrected chi connectivity index (χ4v) is 3.00. The van der Waals surface area contributed by atoms with Crippen molar-refractivity contribution in [2.24, 2.45) is 0 Å². The maximum Gasteiger partial charge on any atom is 0.347 e. The third-order valence-corrected chi connectivity index (χ3v) is 4.52. The van der Waals surface area contributed by atoms with Crippen molar-refractivity contribution < 1.29 is 23.5 Å². The van der Waals surface area contributed by atoms with Gasteiger partial charge in [0.2, 0.25) is 0 Å². The van der Waals surface area contributed by atoms with E-state index in [1.165, 1.54) is 30.6 Å². The molecule has 0 unspecified atom stereocenters. The average Bonchev–Trinajstić information content (AvgIpc) is 3.21. The van der Waals surface area contributed by atoms with Crippen LogP contribution < -0.4 is 9.47 Å². The molecule has 4 nitrogen and oxygen atoms in total. The first-order valence-electron chi connectivity index (χ1n) is 7.99. The topological polar surface area (TPSA) is 52.6 Å². The molecule has 3 rings (SSSR count). The summed E-state index contributed by atoms with van der Waals surface area (Å²) in [6.45, 7) is 0. The molecule has 0 bridgehead atoms. The number of halogens is 1. The maximum absolute atomic E-state index is 13.7. The minimum Gasteiger partial charge on any atom is -0.496 e. The van der Waals surface area contributed by atoms with E-state index in [9.17, 15) is 14.0 Å². The quantitative estimate of drug-likeness (QED) is 0.260. The molecule has 2 aromatic carbocycles. The van der Waals surface area contributed by atoms with E-state index >= 15 is 0 Å². The summed E-state index contributed by atoms with van der Waals surface area (Å²) in [6.07, 6.45) is 2.95. The van der Waals surface area contributed by atoms with Crippen LogP contribution in [0.1, 0.15) is 25.6 Å². The standard InChI is InChI=1S/C21H15FO4S/c1-25-19-7-3-2-6-16(19)21(24)26-20-11-8-14(22)13-17(20)18(23)10-9-15-5-4-12-27-15/h2-13H,1H3/b10-9+. The summed E-state index contributed by atoms with van der Waals surface area (Å²) in [7, 11) is 1.44. The van der Waals surface area contributed by atoms with Crippen LogP contribution in [0.15, 0.2) is 66.1 Å². The molecule has 0 spiro atoms. The van der Waals surface area contributed by atoms with Crippen molar-refractivity contribution in [1.29, 1.82) is 0 Å². The Kier molecular flexibility index (Phi) is 5.78. The van der Waals surface area contributed by atoms with Gasteiger partial charge in [-0.3, -0.25) is 4.79 Å². The van der Waals surface area contributed by atoms with Crippen molar-refractivity contribution in [3.8, 4) is 11.5 Å². The molecule has 0 fully saturated rings. The van der Waals surface area contributed by atoms with Gasteiger partial charge in [-0.05, 0) is 53.9 Å². The van der Waals surface area contributed by atoms with Crippen LogP contribution in [-0.2, 0) is 0 Å². The van der Waals surface area contributed by atoms with Gasteiger partial charge in [0.25, 0.3) is 0 Å². The Labute approximate surface area is 159 Å². The van der Waals surface area contributed by atoms with E-state index in [2.05, 4.69) is 0 Å². The van der Waals surface area contributed by atoms with E-state index in [4.69, 9.17) is 9.47 Å². The second-order valence-electron chi connectivity index (χ2n) is 5.44. The van der Waals surface area contributed by atoms with Gasteiger partial charge in [-0.25, -0.2) is 9.18 Å². The number of methoxy groups -OCH3 is 1. The molecule has 3 aromatic rings. The van der Waals surface area contributed by atoms with Gasteiger partial charge in [0.05, 0.1) is 12.7 Å². The molecule has 0 N–H and O–H groups in total. The second-order valence-corrected chi connectivity index (χ2v) is 6.42. The number of ether oxygens (including phenoxy) is 2. The Morgan fingerprint density at radius 2 is 1.81 bits per heavy atom. The van der Waals surface area contributed by atoms with Crippen molar-refractivity contribution in [2.45, 2.75) is 0 Å². The molecule has 0 atom stereocenters. The van der Waals surface area contributed by atoms with Crippen LogP contribution in [0.2, 0.25) is 0 Å². The van der Waals surface area contributed by atoms with Crippen LogP contribution in [0.5, 0.6) is 11.5 Å². The summed E-state index contributed by atoms with van der Waals surface area (Å²) in [5.41, 5.74) is 0.169. The summed E-state index contributed by atoms with van der Waals surface area (Å²) in [4.78, 5) is 25.8. The molecular formula is C21H15FO4S. The van der Waals surface area contributed by atoms with E-state index in [0.29, 0.717) is 5.75 Å². The highest BCUT2D eigenvalue weighted by atomic mass is 32.1. The van der Waals surface area contributed by atoms with E-state index < -0.39 is 17.6 Å². The molecule has 27 heavy (non-hydrogen) atoms. The number of para-hydroxylation sites is 1. The lowest BCUT2D eigenvalue weighted by Crippen LogP contribution is -2.12. The lowest BCUT2D eigenvalue weighted by molar-refractivity contribution is 0.0729. The number of allylic oxidation sites excluding steroid dienone is 1. The van der Waals surface area contributed by atoms with E-state index in [1.807, 2.05) is 17.5 Å². The summed E-state index contributed by atoms with van der Waals surface area (Å²) in [5.74, 6) is -1.44. The Morgan fingerprint density at radius 1 is 1.00 bits per heavy atom. The molecule has 6 heteroatoms. The fraction of sp³-hybridized carbons (Fsp3) is 0.0476. The van der Waals surface area contributed by atoms with E-state index in [-0.39, 0.29) is 16.9 Å². The van der Waals surface area contributed by atoms with Gasteiger partial charge >= 0.3 is 5.97 Å². The molecule has 0 radical (unpaired) electrons. The molecule has 0 aliphatic heterocycles. The highest BCUT2D eigenvalue weighted by Crippen LogP contribution is 2.25. The van der Waals surface area contributed by atoms with Gasteiger partial charge in [-0.2, -0.15) is 0 Å². The smallest absolute Gasteiger partial charge is 0.347 e. The van der Waals surface area contributed by atoms with Gasteiger partial charge in [-0.1, -0.05) is 18.2 Å². The van der Waals surface area contributed by atoms with Crippen molar-refractivity contribution >= 4 is 29.2 Å². The summed E-state index contributed by atoms with van der Waals surface area (Å²) < 4.78 is 24.2. The zero-order chi connectivity index (χ0) is 19.2. The van der Waals surface area contributed by atoms with E-state index in [0.717, 1.165) is 17.0 Å². The lowest BCUT2D eigenvalue weighted by Gasteiger charge is -2.10. The number of hydrogen-bond donors (Lipinski definition) is 0. The van der Waals surface area contributed by atoms with Gasteiger partial charge in [-0.15, -0.1) is 11.3 Å². The highest BCUT2D eigenvalue weighted by Gasteiger charge is 2.18. The number of ketones is 1. The predicted octanol–water partition coefficient (Wildman–Crippen LogP) is 5.01. The first-order chi connectivity index (χ1) is 13.1. The zero-order valence-corrected chi connectivity index (χ0v) is 15.2. The van der Waals surface area contributed by atoms with Crippen molar-refractivity contribution in [3.63, 3.8) is 0 Å². The van der Waals surface area contributed by atoms with Crippen LogP contribution in [0.4, 0.5) is 4.39 Å². The molecule has 0 saturated heterocycles. The fourth-order valence-electron chi connectivity index (χ4n) is 2.39. The van der Waals surface area contributed by atoms with Crippen LogP contribution in [0, 0.1) is 5.82 Å². The molecule has 1 heterocycles. The van der Waals surface area contributed by atoms with Crippen LogP contribution in [-0.4, -0.2) is 18.9 Å². The highest BCUT2D eigenvalue weighted by molar-refractivity contribution is 7.10. The minimum atomic E-state index is -0.699. The first-order valence-corrected chi connectivity index (χ1v) is 8.87. The molecule has 0 aliphatic carbocycles. The van der Waals surface area contributed by atoms with Crippen molar-refractivity contribution in [2.75, 3.05) is 7.11 Å². The largest absolute Gasteiger partial charge is 0.496 e. The third kappa shape index (κ3) is 4.48. The van der Waals surface area contributed by atoms with Gasteiger partial charge in [0, 0.05) is 4.88 Å². The summed E-state index contributed by atoms with van der Waals surface area (Å²) in [6, 6.07) is 13.7. The Balaban J connectivity index is 1.88. The summed E-state index contributed by atoms with van der Waals surface area (Å²) >= 11 is 1.47. The molecule has 0 amide bonds. The molecule has 136 valence electrons. The Hall–Kier alpha value is -3.25. The third-order valence-electron chi connectivity index (χ3n) is 3.68. The summed E-state index contributed by atoms with van der Waals surface area (Å²) in [5, 5.41) is 1.88. The van der Waals surface area contributed by atoms with Gasteiger partial charge in [0.15, 0.2) is 5.78 Å². The number of benzene rings is 2. The second kappa shape index (κ2) is 8.42. The molecule has 0 saturated carbocycles. The molecule has 1 aromatic heterocycles. The Bertz CT molecular complexity index is 993. The van der Waals surface area contributed by atoms with E-state index in [1.54, 1.807) is 30.3 Å². The van der Waals surface area contributed by atoms with Crippen LogP contribution in [0.3, 0.4) is 0 Å². The number of rotatable bonds is 6. The monoisotopic (exact) mass is 382 g/mol. The van der Waals surface area contributed by atoms with Crippen molar-refractivity contribution in [3.05, 3.63) is 87.9 Å². The van der Waals surface area contributed by atoms with Gasteiger partial charge < -0.3 is 9.47 Å². The molecule has 0 aliphatic rings. The number of carbonyl (C=O) groups excluding carboxylic acids is 2. The maximum atomic E-state index is 13.7. The SMILES string of the molecule is COc1ccccc1C(=O)Oc1ccc(F)cc1C(=O)/C=C/c1cccs1. The zero-order valence-electron chi connectivity index (χ0n) is 14.3. The Morgan fingerprint density at radius 3 is 2.56 bits per heavy atom. The number of thiophene rings is 1. The van der Waals surface area contributed by atoms with Crippen LogP contribution >= 0.6 is 11.3 Å². The van der Waals surface area contributed by atoms with Gasteiger partial charge in [0.1, 0.15) is 22.9 Å². The average molecular weight is 382 g/mol. The lowest BCUT2D eigenvalue weighted by atomic mass is 10.1. The number of carbonyl (C=O) groups is 2. The van der Waals surface area contributed by atoms with Crippen molar-refractivity contribution in [1.82, 2.24) is 0 Å². The van der Waals surface area contributed by atoms with Crippen LogP contribution in [0.25, 0.3) is 6.08 Å². The predicted molar refractivity (Wildman–Crippen MR) is 102 cm³/mol. The minimum absolute atomic E-state index is 0.0202. The molecular weight excluding hydrogens is 367 g/mol.